The molecule has 0 aromatic rings. The van der Waals surface area contributed by atoms with E-state index in [1.165, 1.54) is 5.57 Å². The van der Waals surface area contributed by atoms with Crippen molar-refractivity contribution >= 4 is 12.1 Å². The van der Waals surface area contributed by atoms with Crippen LogP contribution >= 0.6 is 0 Å². The average molecular weight is 150 g/mol. The van der Waals surface area contributed by atoms with Gasteiger partial charge in [0.1, 0.15) is 0 Å². The fraction of sp³-hybridized carbons (Fsp3) is 0.500. The van der Waals surface area contributed by atoms with Crippen LogP contribution in [0.5, 0.6) is 0 Å². The van der Waals surface area contributed by atoms with E-state index in [1.54, 1.807) is 11.2 Å². The summed E-state index contributed by atoms with van der Waals surface area (Å²) in [7, 11) is 0. The van der Waals surface area contributed by atoms with Crippen LogP contribution in [0.3, 0.4) is 0 Å². The highest BCUT2D eigenvalue weighted by Crippen LogP contribution is 2.26. The fourth-order valence-corrected chi connectivity index (χ4v) is 1.46. The molecule has 0 spiro atoms. The number of carbonyl (C=O) groups is 1. The SMILES string of the molecule is CC1=CC=NN2C(=O)CC2C1. The number of amides is 1. The number of hydrogen-bond donors (Lipinski definition) is 0. The van der Waals surface area contributed by atoms with Crippen LogP contribution < -0.4 is 0 Å². The lowest BCUT2D eigenvalue weighted by atomic mass is 9.98. The highest BCUT2D eigenvalue weighted by Gasteiger charge is 2.36. The van der Waals surface area contributed by atoms with Gasteiger partial charge in [-0.3, -0.25) is 4.79 Å². The summed E-state index contributed by atoms with van der Waals surface area (Å²) in [5.41, 5.74) is 1.30. The van der Waals surface area contributed by atoms with Crippen molar-refractivity contribution in [3.63, 3.8) is 0 Å². The number of hydrogen-bond acceptors (Lipinski definition) is 2. The summed E-state index contributed by atoms with van der Waals surface area (Å²) in [4.78, 5) is 10.9. The number of allylic oxidation sites excluding steroid dienone is 1. The van der Waals surface area contributed by atoms with Gasteiger partial charge in [-0.1, -0.05) is 5.57 Å². The van der Waals surface area contributed by atoms with E-state index >= 15 is 0 Å². The molecule has 0 aliphatic carbocycles. The quantitative estimate of drug-likeness (QED) is 0.473. The van der Waals surface area contributed by atoms with Crippen LogP contribution in [0.2, 0.25) is 0 Å². The molecular weight excluding hydrogens is 140 g/mol. The molecule has 0 N–H and O–H groups in total. The van der Waals surface area contributed by atoms with Gasteiger partial charge in [-0.2, -0.15) is 5.10 Å². The lowest BCUT2D eigenvalue weighted by Crippen LogP contribution is -2.48. The molecule has 0 radical (unpaired) electrons. The van der Waals surface area contributed by atoms with Crippen LogP contribution in [0.4, 0.5) is 0 Å². The summed E-state index contributed by atoms with van der Waals surface area (Å²) in [5, 5.41) is 5.58. The smallest absolute Gasteiger partial charge is 0.245 e. The van der Waals surface area contributed by atoms with E-state index in [0.29, 0.717) is 12.5 Å². The minimum Gasteiger partial charge on any atom is -0.273 e. The third-order valence-corrected chi connectivity index (χ3v) is 2.12. The Morgan fingerprint density at radius 3 is 3.18 bits per heavy atom. The highest BCUT2D eigenvalue weighted by molar-refractivity contribution is 5.85. The van der Waals surface area contributed by atoms with Gasteiger partial charge in [0.05, 0.1) is 12.5 Å². The van der Waals surface area contributed by atoms with Crippen LogP contribution in [-0.4, -0.2) is 23.2 Å². The molecule has 1 atom stereocenters. The Bertz CT molecular complexity index is 255. The zero-order valence-corrected chi connectivity index (χ0v) is 6.45. The summed E-state index contributed by atoms with van der Waals surface area (Å²) in [5.74, 6) is 0.148. The lowest BCUT2D eigenvalue weighted by molar-refractivity contribution is -0.145. The van der Waals surface area contributed by atoms with E-state index in [4.69, 9.17) is 0 Å². The molecule has 0 bridgehead atoms. The molecule has 1 saturated heterocycles. The van der Waals surface area contributed by atoms with Gasteiger partial charge in [-0.05, 0) is 19.4 Å². The third-order valence-electron chi connectivity index (χ3n) is 2.12. The van der Waals surface area contributed by atoms with E-state index in [2.05, 4.69) is 12.0 Å². The molecule has 0 aromatic heterocycles. The topological polar surface area (TPSA) is 32.7 Å². The molecule has 11 heavy (non-hydrogen) atoms. The first-order valence-corrected chi connectivity index (χ1v) is 3.79. The van der Waals surface area contributed by atoms with Crippen molar-refractivity contribution in [2.75, 3.05) is 0 Å². The van der Waals surface area contributed by atoms with Gasteiger partial charge in [0.25, 0.3) is 0 Å². The second-order valence-corrected chi connectivity index (χ2v) is 3.08. The summed E-state index contributed by atoms with van der Waals surface area (Å²) >= 11 is 0. The minimum atomic E-state index is 0.148. The maximum atomic E-state index is 10.9. The third kappa shape index (κ3) is 0.964. The number of rotatable bonds is 0. The van der Waals surface area contributed by atoms with Crippen LogP contribution in [-0.2, 0) is 4.79 Å². The molecular formula is C8H10N2O. The van der Waals surface area contributed by atoms with Gasteiger partial charge in [-0.15, -0.1) is 0 Å². The molecule has 3 nitrogen and oxygen atoms in total. The summed E-state index contributed by atoms with van der Waals surface area (Å²) in [6, 6.07) is 0.345. The van der Waals surface area contributed by atoms with Gasteiger partial charge in [-0.25, -0.2) is 5.01 Å². The van der Waals surface area contributed by atoms with Crippen molar-refractivity contribution in [2.24, 2.45) is 5.10 Å². The summed E-state index contributed by atoms with van der Waals surface area (Å²) < 4.78 is 0. The van der Waals surface area contributed by atoms with E-state index in [9.17, 15) is 4.79 Å². The van der Waals surface area contributed by atoms with Crippen molar-refractivity contribution in [1.82, 2.24) is 5.01 Å². The Balaban J connectivity index is 2.17. The molecule has 0 saturated carbocycles. The zero-order valence-electron chi connectivity index (χ0n) is 6.45. The van der Waals surface area contributed by atoms with Gasteiger partial charge < -0.3 is 0 Å². The molecule has 3 heteroatoms. The largest absolute Gasteiger partial charge is 0.273 e. The minimum absolute atomic E-state index is 0.148. The van der Waals surface area contributed by atoms with Crippen LogP contribution in [0, 0.1) is 0 Å². The lowest BCUT2D eigenvalue weighted by Gasteiger charge is -2.35. The highest BCUT2D eigenvalue weighted by atomic mass is 16.2. The van der Waals surface area contributed by atoms with Crippen molar-refractivity contribution in [3.05, 3.63) is 11.6 Å². The Morgan fingerprint density at radius 1 is 1.64 bits per heavy atom. The second-order valence-electron chi connectivity index (χ2n) is 3.08. The summed E-state index contributed by atoms with van der Waals surface area (Å²) in [6.07, 6.45) is 5.31. The standard InChI is InChI=1S/C8H10N2O/c1-6-2-3-9-10-7(4-6)5-8(10)11/h2-3,7H,4-5H2,1H3. The Hall–Kier alpha value is -1.12. The number of nitrogens with zero attached hydrogens (tertiary/aromatic N) is 2. The maximum Gasteiger partial charge on any atom is 0.245 e. The van der Waals surface area contributed by atoms with Crippen molar-refractivity contribution in [1.29, 1.82) is 0 Å². The molecule has 1 unspecified atom stereocenters. The Labute approximate surface area is 65.4 Å². The fourth-order valence-electron chi connectivity index (χ4n) is 1.46. The normalized spacial score (nSPS) is 28.8. The average Bonchev–Trinajstić information content (AvgIpc) is 2.09. The Morgan fingerprint density at radius 2 is 2.45 bits per heavy atom. The number of β-lactam (4-membered cyclic amide) rings is 1. The van der Waals surface area contributed by atoms with Crippen LogP contribution in [0.1, 0.15) is 19.8 Å². The second kappa shape index (κ2) is 2.19. The molecule has 1 amide bonds. The summed E-state index contributed by atoms with van der Waals surface area (Å²) in [6.45, 7) is 2.07. The first kappa shape index (κ1) is 6.58. The van der Waals surface area contributed by atoms with Gasteiger partial charge in [0.2, 0.25) is 5.91 Å². The van der Waals surface area contributed by atoms with Gasteiger partial charge >= 0.3 is 0 Å². The van der Waals surface area contributed by atoms with E-state index < -0.39 is 0 Å². The van der Waals surface area contributed by atoms with Crippen LogP contribution in [0.15, 0.2) is 16.8 Å². The van der Waals surface area contributed by atoms with Crippen LogP contribution in [0.25, 0.3) is 0 Å². The number of fused-ring (bicyclic) bond motifs is 1. The molecule has 0 aromatic carbocycles. The predicted octanol–water partition coefficient (Wildman–Crippen LogP) is 0.923. The molecule has 2 rings (SSSR count). The van der Waals surface area contributed by atoms with Crippen molar-refractivity contribution < 1.29 is 4.79 Å². The molecule has 1 fully saturated rings. The van der Waals surface area contributed by atoms with Gasteiger partial charge in [0.15, 0.2) is 0 Å². The van der Waals surface area contributed by atoms with E-state index in [0.717, 1.165) is 6.42 Å². The molecule has 2 aliphatic heterocycles. The first-order valence-electron chi connectivity index (χ1n) is 3.79. The van der Waals surface area contributed by atoms with Crippen molar-refractivity contribution in [3.8, 4) is 0 Å². The number of carbonyl (C=O) groups excluding carboxylic acids is 1. The van der Waals surface area contributed by atoms with E-state index in [-0.39, 0.29) is 5.91 Å². The molecule has 2 heterocycles. The van der Waals surface area contributed by atoms with E-state index in [1.807, 2.05) is 6.08 Å². The van der Waals surface area contributed by atoms with Crippen molar-refractivity contribution in [2.45, 2.75) is 25.8 Å². The molecule has 2 aliphatic rings. The predicted molar refractivity (Wildman–Crippen MR) is 42.1 cm³/mol. The number of hydrazone groups is 1. The van der Waals surface area contributed by atoms with Gasteiger partial charge in [0, 0.05) is 6.21 Å². The first-order chi connectivity index (χ1) is 5.27. The zero-order chi connectivity index (χ0) is 7.84. The Kier molecular flexibility index (Phi) is 1.31. The monoisotopic (exact) mass is 150 g/mol. The molecule has 58 valence electrons. The maximum absolute atomic E-state index is 10.9.